The van der Waals surface area contributed by atoms with Gasteiger partial charge in [0.05, 0.1) is 17.1 Å². The zero-order valence-corrected chi connectivity index (χ0v) is 17.6. The van der Waals surface area contributed by atoms with E-state index in [0.29, 0.717) is 24.1 Å². The maximum atomic E-state index is 12.7. The van der Waals surface area contributed by atoms with Gasteiger partial charge in [-0.2, -0.15) is 4.31 Å². The van der Waals surface area contributed by atoms with Crippen molar-refractivity contribution in [2.24, 2.45) is 0 Å². The summed E-state index contributed by atoms with van der Waals surface area (Å²) in [6, 6.07) is 19.3. The normalized spacial score (nSPS) is 20.7. The summed E-state index contributed by atoms with van der Waals surface area (Å²) in [7, 11) is -3.38. The number of rotatable bonds is 6. The van der Waals surface area contributed by atoms with Crippen molar-refractivity contribution in [3.63, 3.8) is 0 Å². The minimum absolute atomic E-state index is 0.169. The molecule has 2 aliphatic heterocycles. The quantitative estimate of drug-likeness (QED) is 0.726. The molecule has 0 saturated carbocycles. The molecular weight excluding hydrogens is 384 g/mol. The average Bonchev–Trinajstić information content (AvgIpc) is 2.77. The van der Waals surface area contributed by atoms with Crippen molar-refractivity contribution >= 4 is 10.0 Å². The van der Waals surface area contributed by atoms with E-state index < -0.39 is 10.0 Å². The van der Waals surface area contributed by atoms with Crippen molar-refractivity contribution < 1.29 is 13.2 Å². The lowest BCUT2D eigenvalue weighted by Gasteiger charge is -2.36. The van der Waals surface area contributed by atoms with Crippen molar-refractivity contribution in [1.82, 2.24) is 9.21 Å². The molecule has 0 bridgehead atoms. The molecule has 0 amide bonds. The van der Waals surface area contributed by atoms with Gasteiger partial charge >= 0.3 is 0 Å². The smallest absolute Gasteiger partial charge is 0.243 e. The van der Waals surface area contributed by atoms with Gasteiger partial charge in [0, 0.05) is 32.7 Å². The summed E-state index contributed by atoms with van der Waals surface area (Å²) >= 11 is 0. The van der Waals surface area contributed by atoms with E-state index in [1.807, 2.05) is 6.07 Å². The first-order valence-corrected chi connectivity index (χ1v) is 12.0. The van der Waals surface area contributed by atoms with Crippen LogP contribution < -0.4 is 0 Å². The number of ether oxygens (including phenoxy) is 1. The average molecular weight is 415 g/mol. The van der Waals surface area contributed by atoms with Crippen LogP contribution in [0.4, 0.5) is 0 Å². The van der Waals surface area contributed by atoms with Crippen LogP contribution in [0.3, 0.4) is 0 Å². The Bertz CT molecular complexity index is 858. The van der Waals surface area contributed by atoms with Gasteiger partial charge < -0.3 is 4.74 Å². The Hall–Kier alpha value is -1.73. The molecule has 29 heavy (non-hydrogen) atoms. The largest absolute Gasteiger partial charge is 0.375 e. The highest BCUT2D eigenvalue weighted by Gasteiger charge is 2.31. The molecule has 2 fully saturated rings. The van der Waals surface area contributed by atoms with Crippen LogP contribution in [-0.4, -0.2) is 56.0 Å². The van der Waals surface area contributed by atoms with E-state index in [4.69, 9.17) is 4.74 Å². The zero-order chi connectivity index (χ0) is 20.1. The third kappa shape index (κ3) is 5.25. The van der Waals surface area contributed by atoms with E-state index in [0.717, 1.165) is 45.3 Å². The summed E-state index contributed by atoms with van der Waals surface area (Å²) < 4.78 is 33.5. The summed E-state index contributed by atoms with van der Waals surface area (Å²) in [4.78, 5) is 2.87. The van der Waals surface area contributed by atoms with Crippen molar-refractivity contribution in [2.45, 2.75) is 49.3 Å². The summed E-state index contributed by atoms with van der Waals surface area (Å²) in [6.45, 7) is 4.19. The number of benzene rings is 2. The molecule has 0 radical (unpaired) electrons. The van der Waals surface area contributed by atoms with Crippen molar-refractivity contribution in [3.8, 4) is 0 Å². The van der Waals surface area contributed by atoms with Crippen molar-refractivity contribution in [3.05, 3.63) is 66.2 Å². The van der Waals surface area contributed by atoms with E-state index in [9.17, 15) is 8.42 Å². The Kier molecular flexibility index (Phi) is 6.65. The molecule has 0 N–H and O–H groups in total. The number of nitrogens with zero attached hydrogens (tertiary/aromatic N) is 2. The molecule has 0 aliphatic carbocycles. The molecule has 5 nitrogen and oxygen atoms in total. The van der Waals surface area contributed by atoms with Crippen LogP contribution in [0.5, 0.6) is 0 Å². The number of piperidine rings is 2. The second kappa shape index (κ2) is 9.39. The van der Waals surface area contributed by atoms with Gasteiger partial charge in [-0.05, 0) is 43.4 Å². The highest BCUT2D eigenvalue weighted by atomic mass is 32.2. The van der Waals surface area contributed by atoms with Gasteiger partial charge in [0.1, 0.15) is 0 Å². The number of hydrogen-bond acceptors (Lipinski definition) is 4. The predicted molar refractivity (Wildman–Crippen MR) is 114 cm³/mol. The van der Waals surface area contributed by atoms with Crippen LogP contribution in [0, 0.1) is 0 Å². The number of sulfonamides is 1. The standard InChI is InChI=1S/C23H30N2O3S/c26-29(27,23-9-5-2-6-10-23)25-17-13-22(14-18-25)28-21-11-15-24(16-12-21)19-20-7-3-1-4-8-20/h1-10,21-22H,11-19H2. The molecule has 6 heteroatoms. The lowest BCUT2D eigenvalue weighted by Crippen LogP contribution is -2.43. The second-order valence-electron chi connectivity index (χ2n) is 8.01. The van der Waals surface area contributed by atoms with Crippen molar-refractivity contribution in [2.75, 3.05) is 26.2 Å². The SMILES string of the molecule is O=S(=O)(c1ccccc1)N1CCC(OC2CCN(Cc3ccccc3)CC2)CC1. The summed E-state index contributed by atoms with van der Waals surface area (Å²) in [5, 5.41) is 0. The van der Waals surface area contributed by atoms with E-state index in [1.54, 1.807) is 28.6 Å². The minimum Gasteiger partial charge on any atom is -0.375 e. The molecule has 4 rings (SSSR count). The molecule has 0 aromatic heterocycles. The van der Waals surface area contributed by atoms with Gasteiger partial charge in [-0.1, -0.05) is 48.5 Å². The molecule has 2 aromatic carbocycles. The Morgan fingerprint density at radius 1 is 0.759 bits per heavy atom. The fraction of sp³-hybridized carbons (Fsp3) is 0.478. The van der Waals surface area contributed by atoms with Crippen LogP contribution in [0.25, 0.3) is 0 Å². The van der Waals surface area contributed by atoms with Gasteiger partial charge in [0.25, 0.3) is 0 Å². The van der Waals surface area contributed by atoms with Crippen LogP contribution in [0.2, 0.25) is 0 Å². The Labute approximate surface area is 174 Å². The lowest BCUT2D eigenvalue weighted by molar-refractivity contribution is -0.0595. The summed E-state index contributed by atoms with van der Waals surface area (Å²) in [5.41, 5.74) is 1.36. The third-order valence-corrected chi connectivity index (χ3v) is 7.86. The zero-order valence-electron chi connectivity index (χ0n) is 16.8. The van der Waals surface area contributed by atoms with E-state index >= 15 is 0 Å². The van der Waals surface area contributed by atoms with Crippen molar-refractivity contribution in [1.29, 1.82) is 0 Å². The first kappa shape index (κ1) is 20.5. The van der Waals surface area contributed by atoms with Gasteiger partial charge in [-0.25, -0.2) is 8.42 Å². The van der Waals surface area contributed by atoms with Crippen LogP contribution >= 0.6 is 0 Å². The van der Waals surface area contributed by atoms with Crippen LogP contribution in [0.15, 0.2) is 65.6 Å². The highest BCUT2D eigenvalue weighted by molar-refractivity contribution is 7.89. The fourth-order valence-corrected chi connectivity index (χ4v) is 5.76. The van der Waals surface area contributed by atoms with E-state index in [1.165, 1.54) is 5.56 Å². The Balaban J connectivity index is 1.22. The lowest BCUT2D eigenvalue weighted by atomic mass is 10.0. The summed E-state index contributed by atoms with van der Waals surface area (Å²) in [6.07, 6.45) is 4.12. The van der Waals surface area contributed by atoms with Gasteiger partial charge in [-0.15, -0.1) is 0 Å². The van der Waals surface area contributed by atoms with Crippen LogP contribution in [-0.2, 0) is 21.3 Å². The van der Waals surface area contributed by atoms with Gasteiger partial charge in [0.15, 0.2) is 0 Å². The highest BCUT2D eigenvalue weighted by Crippen LogP contribution is 2.25. The third-order valence-electron chi connectivity index (χ3n) is 5.95. The number of hydrogen-bond donors (Lipinski definition) is 0. The topological polar surface area (TPSA) is 49.9 Å². The Morgan fingerprint density at radius 3 is 1.86 bits per heavy atom. The van der Waals surface area contributed by atoms with Gasteiger partial charge in [-0.3, -0.25) is 4.90 Å². The van der Waals surface area contributed by atoms with Gasteiger partial charge in [0.2, 0.25) is 10.0 Å². The Morgan fingerprint density at radius 2 is 1.28 bits per heavy atom. The minimum atomic E-state index is -3.38. The molecular formula is C23H30N2O3S. The molecule has 2 heterocycles. The summed E-state index contributed by atoms with van der Waals surface area (Å²) in [5.74, 6) is 0. The maximum absolute atomic E-state index is 12.7. The molecule has 2 saturated heterocycles. The van der Waals surface area contributed by atoms with E-state index in [2.05, 4.69) is 35.2 Å². The molecule has 0 spiro atoms. The molecule has 2 aromatic rings. The predicted octanol–water partition coefficient (Wildman–Crippen LogP) is 3.52. The molecule has 2 aliphatic rings. The first-order valence-electron chi connectivity index (χ1n) is 10.6. The molecule has 0 atom stereocenters. The first-order chi connectivity index (χ1) is 14.1. The van der Waals surface area contributed by atoms with E-state index in [-0.39, 0.29) is 6.10 Å². The van der Waals surface area contributed by atoms with Crippen LogP contribution in [0.1, 0.15) is 31.2 Å². The second-order valence-corrected chi connectivity index (χ2v) is 9.95. The molecule has 156 valence electrons. The fourth-order valence-electron chi connectivity index (χ4n) is 4.27. The maximum Gasteiger partial charge on any atom is 0.243 e. The number of likely N-dealkylation sites (tertiary alicyclic amines) is 1. The molecule has 0 unspecified atom stereocenters. The monoisotopic (exact) mass is 414 g/mol.